The van der Waals surface area contributed by atoms with Crippen LogP contribution in [-0.2, 0) is 34.1 Å². The third-order valence-electron chi connectivity index (χ3n) is 3.81. The van der Waals surface area contributed by atoms with E-state index in [2.05, 4.69) is 5.32 Å². The Labute approximate surface area is 176 Å². The molecule has 0 fully saturated rings. The van der Waals surface area contributed by atoms with Gasteiger partial charge >= 0.3 is 13.6 Å². The molecule has 166 valence electrons. The van der Waals surface area contributed by atoms with Gasteiger partial charge in [0.1, 0.15) is 6.04 Å². The fraction of sp³-hybridized carbons (Fsp3) is 0.450. The van der Waals surface area contributed by atoms with Gasteiger partial charge in [-0.25, -0.2) is 4.79 Å². The van der Waals surface area contributed by atoms with E-state index in [1.807, 2.05) is 0 Å². The van der Waals surface area contributed by atoms with E-state index >= 15 is 0 Å². The van der Waals surface area contributed by atoms with Crippen LogP contribution < -0.4 is 11.1 Å². The van der Waals surface area contributed by atoms with Crippen LogP contribution in [0.5, 0.6) is 0 Å². The Kier molecular flexibility index (Phi) is 11.0. The first-order valence-corrected chi connectivity index (χ1v) is 11.4. The first kappa shape index (κ1) is 25.6. The SMILES string of the molecule is CCOC(=O)/C=C/C[C@@H](NC(=O)c1ccc(CP(=O)(OCC)OCC)cc1)C(N)=O. The molecule has 0 saturated carbocycles. The normalized spacial score (nSPS) is 12.5. The van der Waals surface area contributed by atoms with Gasteiger partial charge in [0.05, 0.1) is 26.0 Å². The number of carbonyl (C=O) groups is 3. The van der Waals surface area contributed by atoms with Crippen molar-refractivity contribution in [1.82, 2.24) is 5.32 Å². The van der Waals surface area contributed by atoms with E-state index in [4.69, 9.17) is 19.5 Å². The number of benzene rings is 1. The Morgan fingerprint density at radius 2 is 1.67 bits per heavy atom. The number of hydrogen-bond acceptors (Lipinski definition) is 7. The van der Waals surface area contributed by atoms with Crippen LogP contribution in [0.25, 0.3) is 0 Å². The molecule has 1 aromatic carbocycles. The topological polar surface area (TPSA) is 134 Å². The minimum Gasteiger partial charge on any atom is -0.463 e. The van der Waals surface area contributed by atoms with Crippen molar-refractivity contribution in [1.29, 1.82) is 0 Å². The van der Waals surface area contributed by atoms with Gasteiger partial charge < -0.3 is 24.8 Å². The maximum absolute atomic E-state index is 12.6. The van der Waals surface area contributed by atoms with Gasteiger partial charge in [-0.2, -0.15) is 0 Å². The van der Waals surface area contributed by atoms with E-state index in [9.17, 15) is 18.9 Å². The molecule has 0 aromatic heterocycles. The van der Waals surface area contributed by atoms with Gasteiger partial charge in [0, 0.05) is 11.6 Å². The number of amides is 2. The largest absolute Gasteiger partial charge is 0.463 e. The van der Waals surface area contributed by atoms with Crippen molar-refractivity contribution in [2.75, 3.05) is 19.8 Å². The molecule has 0 unspecified atom stereocenters. The Morgan fingerprint density at radius 1 is 1.07 bits per heavy atom. The highest BCUT2D eigenvalue weighted by Gasteiger charge is 2.24. The van der Waals surface area contributed by atoms with Crippen molar-refractivity contribution in [2.45, 2.75) is 39.4 Å². The monoisotopic (exact) mass is 440 g/mol. The summed E-state index contributed by atoms with van der Waals surface area (Å²) in [5, 5.41) is 2.53. The summed E-state index contributed by atoms with van der Waals surface area (Å²) in [5.41, 5.74) is 6.30. The summed E-state index contributed by atoms with van der Waals surface area (Å²) in [6.07, 6.45) is 2.72. The molecule has 0 heterocycles. The van der Waals surface area contributed by atoms with E-state index in [1.54, 1.807) is 45.0 Å². The smallest absolute Gasteiger partial charge is 0.335 e. The molecule has 0 aliphatic rings. The molecule has 0 aliphatic carbocycles. The van der Waals surface area contributed by atoms with Crippen LogP contribution in [0.3, 0.4) is 0 Å². The molecule has 10 heteroatoms. The Bertz CT molecular complexity index is 783. The summed E-state index contributed by atoms with van der Waals surface area (Å²) in [6, 6.07) is 5.37. The van der Waals surface area contributed by atoms with Crippen molar-refractivity contribution < 1.29 is 32.7 Å². The van der Waals surface area contributed by atoms with E-state index in [-0.39, 0.29) is 32.4 Å². The van der Waals surface area contributed by atoms with Crippen LogP contribution in [-0.4, -0.2) is 43.6 Å². The molecule has 3 N–H and O–H groups in total. The van der Waals surface area contributed by atoms with E-state index in [0.717, 1.165) is 0 Å². The van der Waals surface area contributed by atoms with Crippen molar-refractivity contribution in [3.8, 4) is 0 Å². The number of ether oxygens (including phenoxy) is 1. The lowest BCUT2D eigenvalue weighted by molar-refractivity contribution is -0.137. The number of nitrogens with two attached hydrogens (primary N) is 1. The second-order valence-electron chi connectivity index (χ2n) is 6.12. The van der Waals surface area contributed by atoms with Crippen molar-refractivity contribution in [3.63, 3.8) is 0 Å². The third-order valence-corrected chi connectivity index (χ3v) is 5.86. The highest BCUT2D eigenvalue weighted by atomic mass is 31.2. The van der Waals surface area contributed by atoms with E-state index in [1.165, 1.54) is 12.2 Å². The van der Waals surface area contributed by atoms with Crippen molar-refractivity contribution >= 4 is 25.4 Å². The molecule has 2 amide bonds. The molecule has 0 aliphatic heterocycles. The van der Waals surface area contributed by atoms with Crippen molar-refractivity contribution in [2.24, 2.45) is 5.73 Å². The molecule has 0 saturated heterocycles. The zero-order valence-electron chi connectivity index (χ0n) is 17.5. The fourth-order valence-corrected chi connectivity index (χ4v) is 4.19. The van der Waals surface area contributed by atoms with Gasteiger partial charge in [-0.15, -0.1) is 0 Å². The molecule has 0 radical (unpaired) electrons. The average molecular weight is 440 g/mol. The number of nitrogens with one attached hydrogen (secondary N) is 1. The summed E-state index contributed by atoms with van der Waals surface area (Å²) in [4.78, 5) is 35.3. The lowest BCUT2D eigenvalue weighted by Gasteiger charge is -2.17. The van der Waals surface area contributed by atoms with Gasteiger partial charge in [-0.3, -0.25) is 14.2 Å². The van der Waals surface area contributed by atoms with Gasteiger partial charge in [-0.05, 0) is 44.9 Å². The number of hydrogen-bond donors (Lipinski definition) is 2. The summed E-state index contributed by atoms with van der Waals surface area (Å²) in [7, 11) is -3.25. The molecule has 1 aromatic rings. The van der Waals surface area contributed by atoms with Crippen LogP contribution >= 0.6 is 7.60 Å². The van der Waals surface area contributed by atoms with Gasteiger partial charge in [0.15, 0.2) is 0 Å². The summed E-state index contributed by atoms with van der Waals surface area (Å²) >= 11 is 0. The molecule has 30 heavy (non-hydrogen) atoms. The number of carbonyl (C=O) groups excluding carboxylic acids is 3. The van der Waals surface area contributed by atoms with Crippen LogP contribution in [0.4, 0.5) is 0 Å². The second-order valence-corrected chi connectivity index (χ2v) is 8.17. The first-order chi connectivity index (χ1) is 14.2. The third kappa shape index (κ3) is 8.90. The minimum absolute atomic E-state index is 0.0455. The summed E-state index contributed by atoms with van der Waals surface area (Å²) in [6.45, 7) is 5.90. The van der Waals surface area contributed by atoms with Crippen LogP contribution in [0.15, 0.2) is 36.4 Å². The van der Waals surface area contributed by atoms with Crippen molar-refractivity contribution in [3.05, 3.63) is 47.5 Å². The molecular formula is C20H29N2O7P. The molecular weight excluding hydrogens is 411 g/mol. The number of esters is 1. The Morgan fingerprint density at radius 3 is 2.17 bits per heavy atom. The van der Waals surface area contributed by atoms with Gasteiger partial charge in [0.2, 0.25) is 5.91 Å². The molecule has 9 nitrogen and oxygen atoms in total. The maximum atomic E-state index is 12.6. The van der Waals surface area contributed by atoms with Crippen LogP contribution in [0, 0.1) is 0 Å². The quantitative estimate of drug-likeness (QED) is 0.273. The van der Waals surface area contributed by atoms with E-state index in [0.29, 0.717) is 11.1 Å². The summed E-state index contributed by atoms with van der Waals surface area (Å²) in [5.74, 6) is -1.78. The van der Waals surface area contributed by atoms with E-state index < -0.39 is 31.4 Å². The standard InChI is InChI=1S/C20H29N2O7P/c1-4-27-18(23)9-7-8-17(19(21)24)22-20(25)16-12-10-15(11-13-16)14-30(26,28-5-2)29-6-3/h7,9-13,17H,4-6,8,14H2,1-3H3,(H2,21,24)(H,22,25)/b9-7+/t17-/m1/s1. The maximum Gasteiger partial charge on any atom is 0.335 e. The molecule has 0 bridgehead atoms. The Hall–Kier alpha value is -2.48. The lowest BCUT2D eigenvalue weighted by Crippen LogP contribution is -2.44. The Balaban J connectivity index is 2.77. The second kappa shape index (κ2) is 13.0. The lowest BCUT2D eigenvalue weighted by atomic mass is 10.1. The number of primary amides is 1. The average Bonchev–Trinajstić information content (AvgIpc) is 2.68. The highest BCUT2D eigenvalue weighted by molar-refractivity contribution is 7.53. The first-order valence-electron chi connectivity index (χ1n) is 9.65. The zero-order chi connectivity index (χ0) is 22.6. The summed E-state index contributed by atoms with van der Waals surface area (Å²) < 4.78 is 27.9. The molecule has 0 spiro atoms. The predicted octanol–water partition coefficient (Wildman–Crippen LogP) is 2.55. The van der Waals surface area contributed by atoms with Gasteiger partial charge in [-0.1, -0.05) is 18.2 Å². The van der Waals surface area contributed by atoms with Crippen LogP contribution in [0.1, 0.15) is 43.1 Å². The van der Waals surface area contributed by atoms with Crippen LogP contribution in [0.2, 0.25) is 0 Å². The highest BCUT2D eigenvalue weighted by Crippen LogP contribution is 2.51. The molecule has 1 rings (SSSR count). The molecule has 1 atom stereocenters. The van der Waals surface area contributed by atoms with Gasteiger partial charge in [0.25, 0.3) is 5.91 Å². The fourth-order valence-electron chi connectivity index (χ4n) is 2.49. The predicted molar refractivity (Wildman–Crippen MR) is 112 cm³/mol. The minimum atomic E-state index is -3.25. The number of rotatable bonds is 13. The zero-order valence-corrected chi connectivity index (χ0v) is 18.4.